The molecule has 23 heavy (non-hydrogen) atoms. The van der Waals surface area contributed by atoms with Gasteiger partial charge in [-0.15, -0.1) is 0 Å². The molecule has 0 radical (unpaired) electrons. The standard InChI is InChI=1S/C16H16N4O3/c1-11(21)20(14-4-2-13(17)3-5-14)16(23)15(22)19-10-12-6-8-18-9-7-12/h2-9H,10,17H2,1H3,(H,19,22). The Hall–Kier alpha value is -3.22. The van der Waals surface area contributed by atoms with E-state index in [0.29, 0.717) is 5.69 Å². The van der Waals surface area contributed by atoms with Crippen molar-refractivity contribution in [2.24, 2.45) is 0 Å². The molecule has 3 N–H and O–H groups in total. The van der Waals surface area contributed by atoms with E-state index in [1.807, 2.05) is 0 Å². The van der Waals surface area contributed by atoms with Crippen molar-refractivity contribution in [1.29, 1.82) is 0 Å². The summed E-state index contributed by atoms with van der Waals surface area (Å²) in [5.74, 6) is -2.37. The summed E-state index contributed by atoms with van der Waals surface area (Å²) in [4.78, 5) is 40.7. The summed E-state index contributed by atoms with van der Waals surface area (Å²) < 4.78 is 0. The number of aromatic nitrogens is 1. The Balaban J connectivity index is 2.10. The number of nitrogens with two attached hydrogens (primary N) is 1. The summed E-state index contributed by atoms with van der Waals surface area (Å²) in [7, 11) is 0. The Morgan fingerprint density at radius 1 is 1.09 bits per heavy atom. The number of amides is 3. The SMILES string of the molecule is CC(=O)N(C(=O)C(=O)NCc1ccncc1)c1ccc(N)cc1. The first-order valence-corrected chi connectivity index (χ1v) is 6.86. The first kappa shape index (κ1) is 16.2. The monoisotopic (exact) mass is 312 g/mol. The average Bonchev–Trinajstić information content (AvgIpc) is 2.55. The van der Waals surface area contributed by atoms with Crippen LogP contribution in [0.15, 0.2) is 48.8 Å². The van der Waals surface area contributed by atoms with E-state index in [0.717, 1.165) is 10.5 Å². The lowest BCUT2D eigenvalue weighted by Gasteiger charge is -2.18. The van der Waals surface area contributed by atoms with E-state index in [9.17, 15) is 14.4 Å². The zero-order valence-corrected chi connectivity index (χ0v) is 12.5. The molecule has 7 heteroatoms. The summed E-state index contributed by atoms with van der Waals surface area (Å²) in [5.41, 5.74) is 7.15. The van der Waals surface area contributed by atoms with Gasteiger partial charge in [0.25, 0.3) is 0 Å². The maximum Gasteiger partial charge on any atom is 0.323 e. The summed E-state index contributed by atoms with van der Waals surface area (Å²) in [6, 6.07) is 9.54. The molecule has 0 aliphatic rings. The summed E-state index contributed by atoms with van der Waals surface area (Å²) in [5, 5.41) is 2.48. The third-order valence-electron chi connectivity index (χ3n) is 3.07. The Kier molecular flexibility index (Phi) is 5.03. The molecule has 3 amide bonds. The molecule has 0 spiro atoms. The van der Waals surface area contributed by atoms with Crippen LogP contribution in [0.3, 0.4) is 0 Å². The molecule has 0 unspecified atom stereocenters. The minimum atomic E-state index is -0.948. The lowest BCUT2D eigenvalue weighted by Crippen LogP contribution is -2.45. The van der Waals surface area contributed by atoms with E-state index < -0.39 is 17.7 Å². The van der Waals surface area contributed by atoms with E-state index in [-0.39, 0.29) is 12.2 Å². The third-order valence-corrected chi connectivity index (χ3v) is 3.07. The van der Waals surface area contributed by atoms with Gasteiger partial charge in [-0.2, -0.15) is 0 Å². The quantitative estimate of drug-likeness (QED) is 0.646. The fourth-order valence-corrected chi connectivity index (χ4v) is 1.93. The molecule has 118 valence electrons. The van der Waals surface area contributed by atoms with Crippen molar-refractivity contribution in [3.05, 3.63) is 54.4 Å². The van der Waals surface area contributed by atoms with Gasteiger partial charge in [-0.3, -0.25) is 19.4 Å². The highest BCUT2D eigenvalue weighted by atomic mass is 16.2. The number of hydrogen-bond donors (Lipinski definition) is 2. The fraction of sp³-hybridized carbons (Fsp3) is 0.125. The average molecular weight is 312 g/mol. The third kappa shape index (κ3) is 4.13. The van der Waals surface area contributed by atoms with E-state index in [4.69, 9.17) is 5.73 Å². The second kappa shape index (κ2) is 7.17. The van der Waals surface area contributed by atoms with Crippen LogP contribution in [0.4, 0.5) is 11.4 Å². The molecular weight excluding hydrogens is 296 g/mol. The Labute approximate surface area is 133 Å². The lowest BCUT2D eigenvalue weighted by molar-refractivity contribution is -0.139. The van der Waals surface area contributed by atoms with Crippen molar-refractivity contribution < 1.29 is 14.4 Å². The van der Waals surface area contributed by atoms with Crippen molar-refractivity contribution >= 4 is 29.1 Å². The maximum absolute atomic E-state index is 12.2. The number of carbonyl (C=O) groups is 3. The van der Waals surface area contributed by atoms with E-state index >= 15 is 0 Å². The molecule has 0 aliphatic carbocycles. The van der Waals surface area contributed by atoms with Gasteiger partial charge in [0.15, 0.2) is 0 Å². The number of nitrogens with one attached hydrogen (secondary N) is 1. The van der Waals surface area contributed by atoms with Crippen LogP contribution in [0.1, 0.15) is 12.5 Å². The highest BCUT2D eigenvalue weighted by Crippen LogP contribution is 2.17. The number of benzene rings is 1. The summed E-state index contributed by atoms with van der Waals surface area (Å²) in [6.45, 7) is 1.38. The molecule has 0 fully saturated rings. The molecule has 0 atom stereocenters. The van der Waals surface area contributed by atoms with E-state index in [2.05, 4.69) is 10.3 Å². The highest BCUT2D eigenvalue weighted by Gasteiger charge is 2.26. The predicted octanol–water partition coefficient (Wildman–Crippen LogP) is 0.860. The molecule has 7 nitrogen and oxygen atoms in total. The van der Waals surface area contributed by atoms with Crippen molar-refractivity contribution in [2.45, 2.75) is 13.5 Å². The second-order valence-corrected chi connectivity index (χ2v) is 4.79. The lowest BCUT2D eigenvalue weighted by atomic mass is 10.2. The van der Waals surface area contributed by atoms with Crippen LogP contribution in [-0.2, 0) is 20.9 Å². The first-order valence-electron chi connectivity index (χ1n) is 6.86. The van der Waals surface area contributed by atoms with E-state index in [1.54, 1.807) is 36.7 Å². The maximum atomic E-state index is 12.2. The number of imide groups is 1. The predicted molar refractivity (Wildman–Crippen MR) is 85.1 cm³/mol. The largest absolute Gasteiger partial charge is 0.399 e. The van der Waals surface area contributed by atoms with Crippen LogP contribution in [0.25, 0.3) is 0 Å². The van der Waals surface area contributed by atoms with Gasteiger partial charge in [-0.05, 0) is 42.0 Å². The van der Waals surface area contributed by atoms with Crippen LogP contribution in [0.2, 0.25) is 0 Å². The van der Waals surface area contributed by atoms with Crippen LogP contribution in [0, 0.1) is 0 Å². The van der Waals surface area contributed by atoms with Gasteiger partial charge in [-0.25, -0.2) is 4.90 Å². The van der Waals surface area contributed by atoms with E-state index in [1.165, 1.54) is 19.1 Å². The summed E-state index contributed by atoms with van der Waals surface area (Å²) >= 11 is 0. The molecule has 0 saturated carbocycles. The highest BCUT2D eigenvalue weighted by molar-refractivity contribution is 6.45. The van der Waals surface area contributed by atoms with Gasteiger partial charge in [0.05, 0.1) is 5.69 Å². The van der Waals surface area contributed by atoms with Crippen LogP contribution in [0.5, 0.6) is 0 Å². The topological polar surface area (TPSA) is 105 Å². The van der Waals surface area contributed by atoms with Gasteiger partial charge < -0.3 is 11.1 Å². The van der Waals surface area contributed by atoms with Gasteiger partial charge in [0.2, 0.25) is 5.91 Å². The van der Waals surface area contributed by atoms with Gasteiger partial charge >= 0.3 is 11.8 Å². The smallest absolute Gasteiger partial charge is 0.323 e. The van der Waals surface area contributed by atoms with Crippen molar-refractivity contribution in [3.8, 4) is 0 Å². The zero-order valence-electron chi connectivity index (χ0n) is 12.5. The Bertz CT molecular complexity index is 714. The number of carbonyl (C=O) groups excluding carboxylic acids is 3. The molecule has 1 aromatic carbocycles. The van der Waals surface area contributed by atoms with Crippen molar-refractivity contribution in [3.63, 3.8) is 0 Å². The van der Waals surface area contributed by atoms with Crippen LogP contribution < -0.4 is 16.0 Å². The molecule has 0 saturated heterocycles. The zero-order chi connectivity index (χ0) is 16.8. The van der Waals surface area contributed by atoms with Gasteiger partial charge in [0.1, 0.15) is 0 Å². The minimum absolute atomic E-state index is 0.167. The van der Waals surface area contributed by atoms with Crippen molar-refractivity contribution in [2.75, 3.05) is 10.6 Å². The second-order valence-electron chi connectivity index (χ2n) is 4.79. The Morgan fingerprint density at radius 2 is 1.70 bits per heavy atom. The normalized spacial score (nSPS) is 9.96. The van der Waals surface area contributed by atoms with Crippen LogP contribution in [-0.4, -0.2) is 22.7 Å². The molecule has 1 heterocycles. The number of nitrogen functional groups attached to an aromatic ring is 1. The molecule has 0 aliphatic heterocycles. The molecular formula is C16H16N4O3. The fourth-order valence-electron chi connectivity index (χ4n) is 1.93. The number of hydrogen-bond acceptors (Lipinski definition) is 5. The van der Waals surface area contributed by atoms with Gasteiger partial charge in [0, 0.05) is 31.5 Å². The minimum Gasteiger partial charge on any atom is -0.399 e. The van der Waals surface area contributed by atoms with Gasteiger partial charge in [-0.1, -0.05) is 0 Å². The van der Waals surface area contributed by atoms with Crippen LogP contribution >= 0.6 is 0 Å². The number of nitrogens with zero attached hydrogens (tertiary/aromatic N) is 2. The number of anilines is 2. The Morgan fingerprint density at radius 3 is 2.26 bits per heavy atom. The number of rotatable bonds is 3. The number of pyridine rings is 1. The molecule has 2 rings (SSSR count). The van der Waals surface area contributed by atoms with Crippen molar-refractivity contribution in [1.82, 2.24) is 10.3 Å². The molecule has 0 bridgehead atoms. The summed E-state index contributed by atoms with van der Waals surface area (Å²) in [6.07, 6.45) is 3.17. The molecule has 1 aromatic heterocycles. The first-order chi connectivity index (χ1) is 11.0. The molecule has 2 aromatic rings.